The van der Waals surface area contributed by atoms with E-state index in [2.05, 4.69) is 34.0 Å². The van der Waals surface area contributed by atoms with Crippen LogP contribution >= 0.6 is 11.3 Å². The van der Waals surface area contributed by atoms with Gasteiger partial charge in [-0.2, -0.15) is 11.3 Å². The third kappa shape index (κ3) is 5.64. The number of nitrogens with one attached hydrogen (secondary N) is 1. The van der Waals surface area contributed by atoms with Crippen molar-refractivity contribution in [2.45, 2.75) is 39.0 Å². The molecule has 1 aromatic rings. The van der Waals surface area contributed by atoms with Crippen molar-refractivity contribution in [1.29, 1.82) is 0 Å². The molecule has 0 aliphatic carbocycles. The smallest absolute Gasteiger partial charge is 0.0107 e. The van der Waals surface area contributed by atoms with Crippen LogP contribution in [0.25, 0.3) is 0 Å². The number of likely N-dealkylation sites (tertiary alicyclic amines) is 1. The minimum atomic E-state index is 0.983. The summed E-state index contributed by atoms with van der Waals surface area (Å²) in [6, 6.07) is 2.23. The molecule has 1 atom stereocenters. The summed E-state index contributed by atoms with van der Waals surface area (Å²) in [5, 5.41) is 7.99. The molecule has 0 aromatic carbocycles. The summed E-state index contributed by atoms with van der Waals surface area (Å²) in [7, 11) is 0. The maximum absolute atomic E-state index is 3.58. The highest BCUT2D eigenvalue weighted by Crippen LogP contribution is 2.19. The van der Waals surface area contributed by atoms with Crippen molar-refractivity contribution in [1.82, 2.24) is 10.2 Å². The van der Waals surface area contributed by atoms with Crippen molar-refractivity contribution >= 4 is 11.3 Å². The summed E-state index contributed by atoms with van der Waals surface area (Å²) < 4.78 is 0. The van der Waals surface area contributed by atoms with Crippen molar-refractivity contribution in [3.05, 3.63) is 22.4 Å². The second-order valence-electron chi connectivity index (χ2n) is 5.68. The molecule has 1 aromatic heterocycles. The van der Waals surface area contributed by atoms with Crippen molar-refractivity contribution in [2.75, 3.05) is 32.7 Å². The zero-order valence-corrected chi connectivity index (χ0v) is 13.1. The number of hydrogen-bond acceptors (Lipinski definition) is 3. The van der Waals surface area contributed by atoms with E-state index in [1.165, 1.54) is 57.3 Å². The lowest BCUT2D eigenvalue weighted by Crippen LogP contribution is -2.33. The van der Waals surface area contributed by atoms with E-state index in [0.717, 1.165) is 19.0 Å². The first-order valence-corrected chi connectivity index (χ1v) is 8.77. The largest absolute Gasteiger partial charge is 0.315 e. The Hall–Kier alpha value is -0.380. The molecule has 0 radical (unpaired) electrons. The molecule has 2 nitrogen and oxygen atoms in total. The molecule has 0 spiro atoms. The van der Waals surface area contributed by atoms with Crippen LogP contribution in [-0.4, -0.2) is 37.6 Å². The van der Waals surface area contributed by atoms with Gasteiger partial charge in [-0.15, -0.1) is 0 Å². The number of rotatable bonds is 7. The van der Waals surface area contributed by atoms with Gasteiger partial charge < -0.3 is 10.2 Å². The number of hydrogen-bond donors (Lipinski definition) is 1. The summed E-state index contributed by atoms with van der Waals surface area (Å²) in [5.74, 6) is 0.983. The molecule has 19 heavy (non-hydrogen) atoms. The van der Waals surface area contributed by atoms with E-state index in [0.29, 0.717) is 0 Å². The van der Waals surface area contributed by atoms with Crippen LogP contribution in [0.4, 0.5) is 0 Å². The van der Waals surface area contributed by atoms with Crippen LogP contribution in [-0.2, 0) is 6.42 Å². The summed E-state index contributed by atoms with van der Waals surface area (Å²) in [6.45, 7) is 8.43. The van der Waals surface area contributed by atoms with Crippen LogP contribution < -0.4 is 5.32 Å². The topological polar surface area (TPSA) is 15.3 Å². The van der Waals surface area contributed by atoms with Crippen LogP contribution in [0.2, 0.25) is 0 Å². The minimum Gasteiger partial charge on any atom is -0.315 e. The van der Waals surface area contributed by atoms with E-state index in [-0.39, 0.29) is 0 Å². The molecular weight excluding hydrogens is 252 g/mol. The van der Waals surface area contributed by atoms with E-state index >= 15 is 0 Å². The Kier molecular flexibility index (Phi) is 6.90. The lowest BCUT2D eigenvalue weighted by molar-refractivity contribution is 0.279. The Bertz CT molecular complexity index is 323. The highest BCUT2D eigenvalue weighted by atomic mass is 32.1. The average Bonchev–Trinajstić information content (AvgIpc) is 2.84. The van der Waals surface area contributed by atoms with Crippen molar-refractivity contribution in [2.24, 2.45) is 5.92 Å². The van der Waals surface area contributed by atoms with Gasteiger partial charge in [-0.3, -0.25) is 0 Å². The summed E-state index contributed by atoms with van der Waals surface area (Å²) >= 11 is 1.79. The van der Waals surface area contributed by atoms with Gasteiger partial charge in [0, 0.05) is 13.1 Å². The van der Waals surface area contributed by atoms with Gasteiger partial charge in [-0.05, 0) is 73.6 Å². The third-order valence-corrected chi connectivity index (χ3v) is 5.03. The molecule has 0 saturated carbocycles. The molecule has 1 N–H and O–H groups in total. The number of thiophene rings is 1. The fourth-order valence-electron chi connectivity index (χ4n) is 2.89. The molecule has 1 fully saturated rings. The molecule has 3 heteroatoms. The summed E-state index contributed by atoms with van der Waals surface area (Å²) in [4.78, 5) is 2.65. The second kappa shape index (κ2) is 8.72. The lowest BCUT2D eigenvalue weighted by atomic mass is 9.98. The third-order valence-electron chi connectivity index (χ3n) is 4.29. The van der Waals surface area contributed by atoms with Crippen LogP contribution in [0.5, 0.6) is 0 Å². The van der Waals surface area contributed by atoms with Gasteiger partial charge >= 0.3 is 0 Å². The second-order valence-corrected chi connectivity index (χ2v) is 6.46. The van der Waals surface area contributed by atoms with E-state index in [9.17, 15) is 0 Å². The highest BCUT2D eigenvalue weighted by Gasteiger charge is 2.14. The molecular formula is C16H28N2S. The normalized spacial score (nSPS) is 21.4. The predicted octanol–water partition coefficient (Wildman–Crippen LogP) is 3.39. The Labute approximate surface area is 122 Å². The van der Waals surface area contributed by atoms with Crippen molar-refractivity contribution in [3.8, 4) is 0 Å². The Balaban J connectivity index is 1.53. The van der Waals surface area contributed by atoms with Crippen LogP contribution in [0.3, 0.4) is 0 Å². The van der Waals surface area contributed by atoms with Gasteiger partial charge in [0.15, 0.2) is 0 Å². The zero-order valence-electron chi connectivity index (χ0n) is 12.2. The number of nitrogens with zero attached hydrogens (tertiary/aromatic N) is 1. The molecule has 2 rings (SSSR count). The maximum Gasteiger partial charge on any atom is 0.0107 e. The molecule has 1 aliphatic heterocycles. The van der Waals surface area contributed by atoms with Gasteiger partial charge in [0.2, 0.25) is 0 Å². The Morgan fingerprint density at radius 2 is 2.26 bits per heavy atom. The zero-order chi connectivity index (χ0) is 13.3. The molecule has 108 valence electrons. The quantitative estimate of drug-likeness (QED) is 0.770. The van der Waals surface area contributed by atoms with Gasteiger partial charge in [-0.1, -0.05) is 13.3 Å². The predicted molar refractivity (Wildman–Crippen MR) is 85.0 cm³/mol. The van der Waals surface area contributed by atoms with E-state index in [1.54, 1.807) is 11.3 Å². The standard InChI is InChI=1S/C16H28N2S/c1-2-15-4-3-10-18(11-6-15)12-9-17-8-5-16-7-13-19-14-16/h7,13-15,17H,2-6,8-12H2,1H3. The highest BCUT2D eigenvalue weighted by molar-refractivity contribution is 7.07. The first kappa shape index (κ1) is 15.0. The minimum absolute atomic E-state index is 0.983. The lowest BCUT2D eigenvalue weighted by Gasteiger charge is -2.20. The molecule has 2 heterocycles. The van der Waals surface area contributed by atoms with Gasteiger partial charge in [0.25, 0.3) is 0 Å². The molecule has 1 unspecified atom stereocenters. The van der Waals surface area contributed by atoms with Gasteiger partial charge in [0.05, 0.1) is 0 Å². The van der Waals surface area contributed by atoms with Crippen LogP contribution in [0, 0.1) is 5.92 Å². The molecule has 1 aliphatic rings. The van der Waals surface area contributed by atoms with E-state index in [1.807, 2.05) is 0 Å². The first-order valence-electron chi connectivity index (χ1n) is 7.82. The monoisotopic (exact) mass is 280 g/mol. The first-order chi connectivity index (χ1) is 9.38. The Morgan fingerprint density at radius 1 is 1.32 bits per heavy atom. The maximum atomic E-state index is 3.58. The van der Waals surface area contributed by atoms with Crippen LogP contribution in [0.1, 0.15) is 38.2 Å². The van der Waals surface area contributed by atoms with E-state index < -0.39 is 0 Å². The average molecular weight is 280 g/mol. The fraction of sp³-hybridized carbons (Fsp3) is 0.750. The molecule has 1 saturated heterocycles. The molecule has 0 bridgehead atoms. The summed E-state index contributed by atoms with van der Waals surface area (Å²) in [6.07, 6.45) is 6.78. The Morgan fingerprint density at radius 3 is 3.05 bits per heavy atom. The fourth-order valence-corrected chi connectivity index (χ4v) is 3.59. The van der Waals surface area contributed by atoms with Crippen LogP contribution in [0.15, 0.2) is 16.8 Å². The summed E-state index contributed by atoms with van der Waals surface area (Å²) in [5.41, 5.74) is 1.47. The van der Waals surface area contributed by atoms with Gasteiger partial charge in [0.1, 0.15) is 0 Å². The van der Waals surface area contributed by atoms with Crippen molar-refractivity contribution in [3.63, 3.8) is 0 Å². The van der Waals surface area contributed by atoms with Crippen molar-refractivity contribution < 1.29 is 0 Å². The van der Waals surface area contributed by atoms with E-state index in [4.69, 9.17) is 0 Å². The molecule has 0 amide bonds. The van der Waals surface area contributed by atoms with Gasteiger partial charge in [-0.25, -0.2) is 0 Å². The SMILES string of the molecule is CCC1CCCN(CCNCCc2ccsc2)CC1.